The van der Waals surface area contributed by atoms with Crippen molar-refractivity contribution in [2.24, 2.45) is 0 Å². The molecule has 1 aromatic heterocycles. The van der Waals surface area contributed by atoms with Crippen LogP contribution in [0.5, 0.6) is 0 Å². The van der Waals surface area contributed by atoms with E-state index in [0.717, 1.165) is 31.5 Å². The minimum atomic E-state index is -0.193. The van der Waals surface area contributed by atoms with E-state index in [1.54, 1.807) is 26.6 Å². The van der Waals surface area contributed by atoms with Crippen LogP contribution in [-0.2, 0) is 16.0 Å². The molecule has 18 heavy (non-hydrogen) atoms. The van der Waals surface area contributed by atoms with Gasteiger partial charge in [-0.1, -0.05) is 0 Å². The first-order valence-corrected chi connectivity index (χ1v) is 7.15. The fourth-order valence-electron chi connectivity index (χ4n) is 2.66. The molecule has 0 radical (unpaired) electrons. The molecular weight excluding hydrogens is 250 g/mol. The molecule has 3 heterocycles. The fraction of sp³-hybridized carbons (Fsp3) is 0.583. The third-order valence-corrected chi connectivity index (χ3v) is 4.25. The van der Waals surface area contributed by atoms with Crippen molar-refractivity contribution in [3.63, 3.8) is 0 Å². The molecular formula is C12H15N3O2S. The molecule has 1 unspecified atom stereocenters. The maximum Gasteiger partial charge on any atom is 0.245 e. The first-order valence-electron chi connectivity index (χ1n) is 6.21. The summed E-state index contributed by atoms with van der Waals surface area (Å²) in [5, 5.41) is 1.98. The van der Waals surface area contributed by atoms with Crippen LogP contribution < -0.4 is 0 Å². The molecule has 5 nitrogen and oxygen atoms in total. The van der Waals surface area contributed by atoms with E-state index >= 15 is 0 Å². The molecule has 6 heteroatoms. The van der Waals surface area contributed by atoms with Gasteiger partial charge in [-0.25, -0.2) is 4.98 Å². The molecule has 2 amide bonds. The highest BCUT2D eigenvalue weighted by molar-refractivity contribution is 7.07. The summed E-state index contributed by atoms with van der Waals surface area (Å²) >= 11 is 1.55. The lowest BCUT2D eigenvalue weighted by Crippen LogP contribution is -2.57. The van der Waals surface area contributed by atoms with Gasteiger partial charge in [0.1, 0.15) is 6.04 Å². The first-order chi connectivity index (χ1) is 8.75. The van der Waals surface area contributed by atoms with Crippen LogP contribution in [0.1, 0.15) is 18.5 Å². The third kappa shape index (κ3) is 2.01. The summed E-state index contributed by atoms with van der Waals surface area (Å²) in [4.78, 5) is 31.8. The monoisotopic (exact) mass is 265 g/mol. The van der Waals surface area contributed by atoms with Crippen LogP contribution in [-0.4, -0.2) is 52.3 Å². The Morgan fingerprint density at radius 3 is 3.11 bits per heavy atom. The SMILES string of the molecule is O=C1C2CCCN2C(=O)CN1CCc1cscn1. The number of amides is 2. The lowest BCUT2D eigenvalue weighted by atomic mass is 10.1. The molecule has 0 saturated carbocycles. The van der Waals surface area contributed by atoms with E-state index in [2.05, 4.69) is 4.98 Å². The van der Waals surface area contributed by atoms with E-state index in [1.165, 1.54) is 0 Å². The fourth-order valence-corrected chi connectivity index (χ4v) is 3.26. The van der Waals surface area contributed by atoms with Crippen molar-refractivity contribution in [2.75, 3.05) is 19.6 Å². The van der Waals surface area contributed by atoms with Crippen LogP contribution in [0.2, 0.25) is 0 Å². The number of carbonyl (C=O) groups excluding carboxylic acids is 2. The Labute approximate surface area is 109 Å². The molecule has 96 valence electrons. The second kappa shape index (κ2) is 4.68. The quantitative estimate of drug-likeness (QED) is 0.800. The number of hydrogen-bond acceptors (Lipinski definition) is 4. The summed E-state index contributed by atoms with van der Waals surface area (Å²) in [6.45, 7) is 1.58. The maximum atomic E-state index is 12.2. The number of thiazole rings is 1. The van der Waals surface area contributed by atoms with Gasteiger partial charge in [-0.15, -0.1) is 11.3 Å². The summed E-state index contributed by atoms with van der Waals surface area (Å²) in [7, 11) is 0. The van der Waals surface area contributed by atoms with Crippen molar-refractivity contribution in [2.45, 2.75) is 25.3 Å². The van der Waals surface area contributed by atoms with Gasteiger partial charge in [-0.3, -0.25) is 9.59 Å². The van der Waals surface area contributed by atoms with Crippen molar-refractivity contribution < 1.29 is 9.59 Å². The van der Waals surface area contributed by atoms with Gasteiger partial charge in [0.05, 0.1) is 17.7 Å². The lowest BCUT2D eigenvalue weighted by Gasteiger charge is -2.36. The van der Waals surface area contributed by atoms with Crippen LogP contribution in [0.25, 0.3) is 0 Å². The minimum Gasteiger partial charge on any atom is -0.331 e. The zero-order valence-corrected chi connectivity index (χ0v) is 10.9. The Hall–Kier alpha value is -1.43. The van der Waals surface area contributed by atoms with Gasteiger partial charge in [0.2, 0.25) is 11.8 Å². The molecule has 2 aliphatic rings. The Balaban J connectivity index is 1.65. The molecule has 0 aliphatic carbocycles. The van der Waals surface area contributed by atoms with Gasteiger partial charge in [0.15, 0.2) is 0 Å². The number of nitrogens with zero attached hydrogens (tertiary/aromatic N) is 3. The molecule has 0 aromatic carbocycles. The van der Waals surface area contributed by atoms with E-state index in [-0.39, 0.29) is 24.4 Å². The zero-order valence-electron chi connectivity index (χ0n) is 10.0. The molecule has 1 aromatic rings. The molecule has 0 bridgehead atoms. The molecule has 0 spiro atoms. The molecule has 2 aliphatic heterocycles. The van der Waals surface area contributed by atoms with E-state index < -0.39 is 0 Å². The number of hydrogen-bond donors (Lipinski definition) is 0. The smallest absolute Gasteiger partial charge is 0.245 e. The zero-order chi connectivity index (χ0) is 12.5. The highest BCUT2D eigenvalue weighted by Crippen LogP contribution is 2.23. The standard InChI is InChI=1S/C12H15N3O2S/c16-11-6-14(5-3-9-7-18-8-13-9)12(17)10-2-1-4-15(10)11/h7-8,10H,1-6H2. The van der Waals surface area contributed by atoms with Crippen molar-refractivity contribution in [1.82, 2.24) is 14.8 Å². The van der Waals surface area contributed by atoms with E-state index in [4.69, 9.17) is 0 Å². The van der Waals surface area contributed by atoms with Crippen LogP contribution in [0, 0.1) is 0 Å². The van der Waals surface area contributed by atoms with E-state index in [1.807, 2.05) is 5.38 Å². The van der Waals surface area contributed by atoms with Crippen molar-refractivity contribution in [1.29, 1.82) is 0 Å². The van der Waals surface area contributed by atoms with Gasteiger partial charge in [0, 0.05) is 24.9 Å². The molecule has 0 N–H and O–H groups in total. The molecule has 2 saturated heterocycles. The number of fused-ring (bicyclic) bond motifs is 1. The predicted molar refractivity (Wildman–Crippen MR) is 67.1 cm³/mol. The Morgan fingerprint density at radius 1 is 1.44 bits per heavy atom. The average molecular weight is 265 g/mol. The summed E-state index contributed by atoms with van der Waals surface area (Å²) in [6.07, 6.45) is 2.50. The summed E-state index contributed by atoms with van der Waals surface area (Å²) in [5.74, 6) is 0.206. The number of carbonyl (C=O) groups is 2. The first kappa shape index (κ1) is 11.6. The Bertz CT molecular complexity index is 460. The maximum absolute atomic E-state index is 12.2. The highest BCUT2D eigenvalue weighted by Gasteiger charge is 2.41. The van der Waals surface area contributed by atoms with Gasteiger partial charge >= 0.3 is 0 Å². The van der Waals surface area contributed by atoms with Gasteiger partial charge < -0.3 is 9.80 Å². The number of piperazine rings is 1. The average Bonchev–Trinajstić information content (AvgIpc) is 3.01. The Kier molecular flexibility index (Phi) is 3.03. The summed E-state index contributed by atoms with van der Waals surface area (Å²) in [6, 6.07) is -0.193. The summed E-state index contributed by atoms with van der Waals surface area (Å²) < 4.78 is 0. The number of rotatable bonds is 3. The largest absolute Gasteiger partial charge is 0.331 e. The van der Waals surface area contributed by atoms with Crippen LogP contribution in [0.3, 0.4) is 0 Å². The van der Waals surface area contributed by atoms with E-state index in [0.29, 0.717) is 6.54 Å². The predicted octanol–water partition coefficient (Wildman–Crippen LogP) is 0.519. The lowest BCUT2D eigenvalue weighted by molar-refractivity contribution is -0.153. The second-order valence-corrected chi connectivity index (χ2v) is 5.45. The normalized spacial score (nSPS) is 23.7. The van der Waals surface area contributed by atoms with Crippen molar-refractivity contribution in [3.8, 4) is 0 Å². The highest BCUT2D eigenvalue weighted by atomic mass is 32.1. The topological polar surface area (TPSA) is 53.5 Å². The minimum absolute atomic E-state index is 0.0929. The van der Waals surface area contributed by atoms with Gasteiger partial charge in [-0.05, 0) is 12.8 Å². The molecule has 1 atom stereocenters. The van der Waals surface area contributed by atoms with Gasteiger partial charge in [0.25, 0.3) is 0 Å². The van der Waals surface area contributed by atoms with Gasteiger partial charge in [-0.2, -0.15) is 0 Å². The second-order valence-electron chi connectivity index (χ2n) is 4.73. The number of aromatic nitrogens is 1. The van der Waals surface area contributed by atoms with Crippen molar-refractivity contribution >= 4 is 23.2 Å². The van der Waals surface area contributed by atoms with Crippen LogP contribution >= 0.6 is 11.3 Å². The van der Waals surface area contributed by atoms with Crippen molar-refractivity contribution in [3.05, 3.63) is 16.6 Å². The summed E-state index contributed by atoms with van der Waals surface area (Å²) in [5.41, 5.74) is 2.78. The third-order valence-electron chi connectivity index (χ3n) is 3.62. The van der Waals surface area contributed by atoms with Crippen LogP contribution in [0.15, 0.2) is 10.9 Å². The Morgan fingerprint density at radius 2 is 2.33 bits per heavy atom. The van der Waals surface area contributed by atoms with E-state index in [9.17, 15) is 9.59 Å². The molecule has 3 rings (SSSR count). The molecule has 2 fully saturated rings. The van der Waals surface area contributed by atoms with Crippen LogP contribution in [0.4, 0.5) is 0 Å².